The molecule has 122 valence electrons. The van der Waals surface area contributed by atoms with Crippen molar-refractivity contribution in [1.82, 2.24) is 4.57 Å². The van der Waals surface area contributed by atoms with Crippen molar-refractivity contribution in [2.45, 2.75) is 20.4 Å². The minimum atomic E-state index is -0.383. The van der Waals surface area contributed by atoms with Gasteiger partial charge in [0, 0.05) is 27.4 Å². The molecule has 0 fully saturated rings. The fourth-order valence-electron chi connectivity index (χ4n) is 2.67. The van der Waals surface area contributed by atoms with Crippen LogP contribution < -0.4 is 10.7 Å². The molecule has 1 aromatic heterocycles. The van der Waals surface area contributed by atoms with Crippen molar-refractivity contribution in [2.75, 3.05) is 5.32 Å². The van der Waals surface area contributed by atoms with E-state index in [1.54, 1.807) is 6.20 Å². The summed E-state index contributed by atoms with van der Waals surface area (Å²) < 4.78 is 3.01. The third-order valence-electron chi connectivity index (χ3n) is 3.92. The van der Waals surface area contributed by atoms with Gasteiger partial charge in [-0.15, -0.1) is 0 Å². The van der Waals surface area contributed by atoms with Gasteiger partial charge in [-0.3, -0.25) is 9.59 Å². The second kappa shape index (κ2) is 6.76. The van der Waals surface area contributed by atoms with E-state index in [2.05, 4.69) is 27.9 Å². The van der Waals surface area contributed by atoms with Gasteiger partial charge in [-0.25, -0.2) is 0 Å². The van der Waals surface area contributed by atoms with E-state index >= 15 is 0 Å². The van der Waals surface area contributed by atoms with Gasteiger partial charge in [0.15, 0.2) is 0 Å². The van der Waals surface area contributed by atoms with Gasteiger partial charge >= 0.3 is 0 Å². The van der Waals surface area contributed by atoms with E-state index in [0.717, 1.165) is 14.7 Å². The Hall–Kier alpha value is -2.15. The standard InChI is InChI=1S/C19H17IN2O2/c1-3-22-11-16(18(23)15-10-12(2)4-9-17(15)22)19(24)21-14-7-5-13(20)6-8-14/h4-11H,3H2,1-2H3,(H,21,24). The van der Waals surface area contributed by atoms with Gasteiger partial charge < -0.3 is 9.88 Å². The summed E-state index contributed by atoms with van der Waals surface area (Å²) in [7, 11) is 0. The van der Waals surface area contributed by atoms with Crippen LogP contribution in [-0.2, 0) is 6.54 Å². The Kier molecular flexibility index (Phi) is 4.71. The predicted octanol–water partition coefficient (Wildman–Crippen LogP) is 4.19. The molecule has 0 unspecified atom stereocenters. The zero-order chi connectivity index (χ0) is 17.3. The van der Waals surface area contributed by atoms with Gasteiger partial charge in [-0.05, 0) is 72.8 Å². The van der Waals surface area contributed by atoms with Crippen molar-refractivity contribution >= 4 is 45.1 Å². The van der Waals surface area contributed by atoms with Crippen molar-refractivity contribution in [1.29, 1.82) is 0 Å². The summed E-state index contributed by atoms with van der Waals surface area (Å²) in [6.07, 6.45) is 1.64. The fourth-order valence-corrected chi connectivity index (χ4v) is 3.03. The normalized spacial score (nSPS) is 10.8. The Morgan fingerprint density at radius 1 is 1.17 bits per heavy atom. The number of hydrogen-bond acceptors (Lipinski definition) is 2. The van der Waals surface area contributed by atoms with Crippen LogP contribution in [0.2, 0.25) is 0 Å². The molecular weight excluding hydrogens is 415 g/mol. The number of fused-ring (bicyclic) bond motifs is 1. The molecule has 0 saturated carbocycles. The highest BCUT2D eigenvalue weighted by atomic mass is 127. The third kappa shape index (κ3) is 3.21. The van der Waals surface area contributed by atoms with Gasteiger partial charge in [0.2, 0.25) is 5.43 Å². The van der Waals surface area contributed by atoms with Crippen molar-refractivity contribution in [2.24, 2.45) is 0 Å². The van der Waals surface area contributed by atoms with Crippen LogP contribution in [0.4, 0.5) is 5.69 Å². The van der Waals surface area contributed by atoms with Crippen LogP contribution >= 0.6 is 22.6 Å². The minimum absolute atomic E-state index is 0.161. The molecule has 0 atom stereocenters. The number of amides is 1. The lowest BCUT2D eigenvalue weighted by Gasteiger charge is -2.12. The highest BCUT2D eigenvalue weighted by Gasteiger charge is 2.15. The summed E-state index contributed by atoms with van der Waals surface area (Å²) in [4.78, 5) is 25.3. The molecule has 4 nitrogen and oxygen atoms in total. The van der Waals surface area contributed by atoms with Crippen LogP contribution in [0.1, 0.15) is 22.8 Å². The number of pyridine rings is 1. The Balaban J connectivity index is 2.08. The molecule has 0 saturated heterocycles. The minimum Gasteiger partial charge on any atom is -0.347 e. The zero-order valence-corrected chi connectivity index (χ0v) is 15.6. The van der Waals surface area contributed by atoms with Crippen LogP contribution in [-0.4, -0.2) is 10.5 Å². The lowest BCUT2D eigenvalue weighted by Crippen LogP contribution is -2.24. The summed E-state index contributed by atoms with van der Waals surface area (Å²) in [6.45, 7) is 4.61. The van der Waals surface area contributed by atoms with Gasteiger partial charge in [0.05, 0.1) is 5.52 Å². The average Bonchev–Trinajstić information content (AvgIpc) is 2.57. The van der Waals surface area contributed by atoms with E-state index in [9.17, 15) is 9.59 Å². The number of carbonyl (C=O) groups excluding carboxylic acids is 1. The number of halogens is 1. The van der Waals surface area contributed by atoms with Crippen LogP contribution in [0.5, 0.6) is 0 Å². The number of nitrogens with zero attached hydrogens (tertiary/aromatic N) is 1. The summed E-state index contributed by atoms with van der Waals surface area (Å²) in [5, 5.41) is 3.38. The molecule has 0 aliphatic carbocycles. The molecule has 5 heteroatoms. The SMILES string of the molecule is CCn1cc(C(=O)Nc2ccc(I)cc2)c(=O)c2cc(C)ccc21. The Bertz CT molecular complexity index is 975. The number of carbonyl (C=O) groups is 1. The maximum Gasteiger partial charge on any atom is 0.261 e. The number of nitrogens with one attached hydrogen (secondary N) is 1. The van der Waals surface area contributed by atoms with Crippen LogP contribution in [0, 0.1) is 10.5 Å². The van der Waals surface area contributed by atoms with Crippen molar-refractivity contribution in [3.63, 3.8) is 0 Å². The molecule has 2 aromatic carbocycles. The van der Waals surface area contributed by atoms with E-state index in [0.29, 0.717) is 17.6 Å². The largest absolute Gasteiger partial charge is 0.347 e. The Morgan fingerprint density at radius 3 is 2.54 bits per heavy atom. The number of benzene rings is 2. The van der Waals surface area contributed by atoms with Gasteiger partial charge in [-0.1, -0.05) is 11.6 Å². The summed E-state index contributed by atoms with van der Waals surface area (Å²) >= 11 is 2.20. The van der Waals surface area contributed by atoms with Crippen LogP contribution in [0.25, 0.3) is 10.9 Å². The van der Waals surface area contributed by atoms with E-state index in [4.69, 9.17) is 0 Å². The topological polar surface area (TPSA) is 51.1 Å². The first kappa shape index (κ1) is 16.7. The number of aryl methyl sites for hydroxylation is 2. The number of aromatic nitrogens is 1. The van der Waals surface area contributed by atoms with Crippen molar-refractivity contribution < 1.29 is 4.79 Å². The van der Waals surface area contributed by atoms with E-state index < -0.39 is 0 Å². The molecule has 3 rings (SSSR count). The third-order valence-corrected chi connectivity index (χ3v) is 4.64. The highest BCUT2D eigenvalue weighted by Crippen LogP contribution is 2.16. The fraction of sp³-hybridized carbons (Fsp3) is 0.158. The van der Waals surface area contributed by atoms with E-state index in [1.165, 1.54) is 0 Å². The number of hydrogen-bond donors (Lipinski definition) is 1. The molecule has 1 amide bonds. The molecule has 3 aromatic rings. The maximum atomic E-state index is 12.8. The Morgan fingerprint density at radius 2 is 1.88 bits per heavy atom. The summed E-state index contributed by atoms with van der Waals surface area (Å²) in [5.41, 5.74) is 2.44. The first-order valence-corrected chi connectivity index (χ1v) is 8.78. The maximum absolute atomic E-state index is 12.8. The molecule has 24 heavy (non-hydrogen) atoms. The monoisotopic (exact) mass is 432 g/mol. The van der Waals surface area contributed by atoms with Crippen LogP contribution in [0.3, 0.4) is 0 Å². The van der Waals surface area contributed by atoms with Crippen molar-refractivity contribution in [3.8, 4) is 0 Å². The zero-order valence-electron chi connectivity index (χ0n) is 13.5. The molecule has 0 bridgehead atoms. The molecule has 0 radical (unpaired) electrons. The molecule has 1 N–H and O–H groups in total. The van der Waals surface area contributed by atoms with Gasteiger partial charge in [0.25, 0.3) is 5.91 Å². The van der Waals surface area contributed by atoms with Crippen LogP contribution in [0.15, 0.2) is 53.5 Å². The lowest BCUT2D eigenvalue weighted by atomic mass is 10.1. The second-order valence-corrected chi connectivity index (χ2v) is 6.89. The second-order valence-electron chi connectivity index (χ2n) is 5.64. The van der Waals surface area contributed by atoms with Gasteiger partial charge in [-0.2, -0.15) is 0 Å². The smallest absolute Gasteiger partial charge is 0.261 e. The first-order valence-electron chi connectivity index (χ1n) is 7.70. The quantitative estimate of drug-likeness (QED) is 0.632. The number of rotatable bonds is 3. The van der Waals surface area contributed by atoms with Crippen molar-refractivity contribution in [3.05, 3.63) is 73.6 Å². The summed E-state index contributed by atoms with van der Waals surface area (Å²) in [6, 6.07) is 13.2. The highest BCUT2D eigenvalue weighted by molar-refractivity contribution is 14.1. The molecule has 1 heterocycles. The molecule has 0 aliphatic rings. The average molecular weight is 432 g/mol. The van der Waals surface area contributed by atoms with Gasteiger partial charge in [0.1, 0.15) is 5.56 Å². The first-order chi connectivity index (χ1) is 11.5. The van der Waals surface area contributed by atoms with E-state index in [1.807, 2.05) is 60.9 Å². The molecular formula is C19H17IN2O2. The predicted molar refractivity (Wildman–Crippen MR) is 106 cm³/mol. The molecule has 0 spiro atoms. The van der Waals surface area contributed by atoms with E-state index in [-0.39, 0.29) is 16.9 Å². The summed E-state index contributed by atoms with van der Waals surface area (Å²) in [5.74, 6) is -0.383. The Labute approximate surface area is 153 Å². The number of anilines is 1. The molecule has 0 aliphatic heterocycles. The lowest BCUT2D eigenvalue weighted by molar-refractivity contribution is 0.102.